The largest absolute Gasteiger partial charge is 0.373 e. The van der Waals surface area contributed by atoms with Crippen molar-refractivity contribution < 1.29 is 4.74 Å². The van der Waals surface area contributed by atoms with Gasteiger partial charge >= 0.3 is 0 Å². The van der Waals surface area contributed by atoms with Crippen LogP contribution in [0.1, 0.15) is 38.3 Å². The van der Waals surface area contributed by atoms with Crippen molar-refractivity contribution in [3.05, 3.63) is 35.4 Å². The van der Waals surface area contributed by atoms with Crippen molar-refractivity contribution >= 4 is 29.9 Å². The number of nitrogens with zero attached hydrogens (tertiary/aromatic N) is 2. The lowest BCUT2D eigenvalue weighted by Crippen LogP contribution is -2.46. The fraction of sp³-hybridized carbons (Fsp3) is 0.650. The lowest BCUT2D eigenvalue weighted by molar-refractivity contribution is -0.0679. The summed E-state index contributed by atoms with van der Waals surface area (Å²) in [6, 6.07) is 8.42. The van der Waals surface area contributed by atoms with Gasteiger partial charge in [-0.15, -0.1) is 24.0 Å². The molecule has 0 amide bonds. The topological polar surface area (TPSA) is 48.9 Å². The minimum absolute atomic E-state index is 0. The number of guanidine groups is 1. The van der Waals surface area contributed by atoms with Gasteiger partial charge in [0.05, 0.1) is 18.8 Å². The second-order valence-electron chi connectivity index (χ2n) is 6.92. The maximum Gasteiger partial charge on any atom is 0.191 e. The van der Waals surface area contributed by atoms with Crippen LogP contribution in [0, 0.1) is 6.92 Å². The van der Waals surface area contributed by atoms with E-state index in [1.54, 1.807) is 0 Å². The first-order valence-corrected chi connectivity index (χ1v) is 9.53. The average molecular weight is 474 g/mol. The van der Waals surface area contributed by atoms with E-state index in [0.29, 0.717) is 18.8 Å². The number of halogens is 1. The van der Waals surface area contributed by atoms with Gasteiger partial charge in [-0.2, -0.15) is 0 Å². The maximum atomic E-state index is 5.79. The molecule has 1 aromatic carbocycles. The third kappa shape index (κ3) is 8.22. The monoisotopic (exact) mass is 474 g/mol. The minimum Gasteiger partial charge on any atom is -0.373 e. The third-order valence-corrected chi connectivity index (χ3v) is 4.45. The van der Waals surface area contributed by atoms with Gasteiger partial charge in [0.25, 0.3) is 0 Å². The van der Waals surface area contributed by atoms with Gasteiger partial charge in [0.15, 0.2) is 5.96 Å². The Bertz CT molecular complexity index is 542. The number of aliphatic imine (C=N–C) groups is 1. The number of hydrogen-bond donors (Lipinski definition) is 2. The number of ether oxygens (including phenoxy) is 1. The van der Waals surface area contributed by atoms with E-state index in [9.17, 15) is 0 Å². The Labute approximate surface area is 176 Å². The number of morpholine rings is 1. The Hall–Kier alpha value is -0.860. The molecule has 0 spiro atoms. The predicted octanol–water partition coefficient (Wildman–Crippen LogP) is 3.17. The van der Waals surface area contributed by atoms with Crippen LogP contribution >= 0.6 is 24.0 Å². The van der Waals surface area contributed by atoms with E-state index in [2.05, 4.69) is 67.5 Å². The van der Waals surface area contributed by atoms with Gasteiger partial charge in [-0.1, -0.05) is 24.3 Å². The third-order valence-electron chi connectivity index (χ3n) is 4.45. The van der Waals surface area contributed by atoms with E-state index in [1.807, 2.05) is 0 Å². The van der Waals surface area contributed by atoms with Gasteiger partial charge in [-0.05, 0) is 45.2 Å². The highest BCUT2D eigenvalue weighted by molar-refractivity contribution is 14.0. The van der Waals surface area contributed by atoms with Crippen LogP contribution in [0.4, 0.5) is 0 Å². The first kappa shape index (κ1) is 23.2. The van der Waals surface area contributed by atoms with Crippen LogP contribution in [0.3, 0.4) is 0 Å². The zero-order chi connectivity index (χ0) is 18.1. The molecule has 0 aliphatic carbocycles. The van der Waals surface area contributed by atoms with Crippen LogP contribution in [0.5, 0.6) is 0 Å². The van der Waals surface area contributed by atoms with E-state index in [4.69, 9.17) is 9.73 Å². The average Bonchev–Trinajstić information content (AvgIpc) is 2.57. The molecule has 1 fully saturated rings. The highest BCUT2D eigenvalue weighted by atomic mass is 127. The molecule has 0 saturated carbocycles. The molecule has 0 bridgehead atoms. The molecule has 2 rings (SSSR count). The molecule has 2 unspecified atom stereocenters. The van der Waals surface area contributed by atoms with Crippen molar-refractivity contribution in [1.82, 2.24) is 15.5 Å². The van der Waals surface area contributed by atoms with Crippen molar-refractivity contribution in [1.29, 1.82) is 0 Å². The first-order chi connectivity index (χ1) is 12.1. The van der Waals surface area contributed by atoms with Gasteiger partial charge in [-0.3, -0.25) is 4.90 Å². The predicted molar refractivity (Wildman–Crippen MR) is 120 cm³/mol. The van der Waals surface area contributed by atoms with Gasteiger partial charge < -0.3 is 15.4 Å². The van der Waals surface area contributed by atoms with E-state index < -0.39 is 0 Å². The molecule has 5 nitrogen and oxygen atoms in total. The summed E-state index contributed by atoms with van der Waals surface area (Å²) in [6.07, 6.45) is 1.78. The van der Waals surface area contributed by atoms with Gasteiger partial charge in [0, 0.05) is 32.7 Å². The summed E-state index contributed by atoms with van der Waals surface area (Å²) in [4.78, 5) is 7.21. The van der Waals surface area contributed by atoms with Gasteiger partial charge in [0.1, 0.15) is 0 Å². The van der Waals surface area contributed by atoms with Gasteiger partial charge in [-0.25, -0.2) is 4.99 Å². The molecule has 1 aromatic rings. The summed E-state index contributed by atoms with van der Waals surface area (Å²) in [5.74, 6) is 0.898. The molecule has 1 aliphatic rings. The smallest absolute Gasteiger partial charge is 0.191 e. The quantitative estimate of drug-likeness (QED) is 0.276. The SMILES string of the molecule is CCNC(=NCc1ccccc1C)NCCCN1CC(C)OC(C)C1.I. The van der Waals surface area contributed by atoms with Crippen molar-refractivity contribution in [3.8, 4) is 0 Å². The maximum absolute atomic E-state index is 5.79. The highest BCUT2D eigenvalue weighted by Crippen LogP contribution is 2.10. The first-order valence-electron chi connectivity index (χ1n) is 9.53. The summed E-state index contributed by atoms with van der Waals surface area (Å²) < 4.78 is 5.79. The van der Waals surface area contributed by atoms with E-state index in [-0.39, 0.29) is 24.0 Å². The molecule has 1 aliphatic heterocycles. The molecule has 6 heteroatoms. The Morgan fingerprint density at radius 3 is 2.54 bits per heavy atom. The highest BCUT2D eigenvalue weighted by Gasteiger charge is 2.21. The van der Waals surface area contributed by atoms with Crippen molar-refractivity contribution in [2.45, 2.75) is 52.9 Å². The van der Waals surface area contributed by atoms with Gasteiger partial charge in [0.2, 0.25) is 0 Å². The van der Waals surface area contributed by atoms with Crippen LogP contribution in [0.15, 0.2) is 29.3 Å². The lowest BCUT2D eigenvalue weighted by Gasteiger charge is -2.35. The number of hydrogen-bond acceptors (Lipinski definition) is 3. The number of nitrogens with one attached hydrogen (secondary N) is 2. The molecule has 2 atom stereocenters. The molecule has 26 heavy (non-hydrogen) atoms. The van der Waals surface area contributed by atoms with Crippen LogP contribution in [0.25, 0.3) is 0 Å². The van der Waals surface area contributed by atoms with E-state index >= 15 is 0 Å². The molecule has 1 saturated heterocycles. The molecular formula is C20H35IN4O. The van der Waals surface area contributed by atoms with Crippen LogP contribution in [-0.4, -0.2) is 55.8 Å². The van der Waals surface area contributed by atoms with Crippen LogP contribution in [-0.2, 0) is 11.3 Å². The zero-order valence-corrected chi connectivity index (χ0v) is 19.0. The van der Waals surface area contributed by atoms with Crippen molar-refractivity contribution in [2.75, 3.05) is 32.7 Å². The summed E-state index contributed by atoms with van der Waals surface area (Å²) in [5.41, 5.74) is 2.56. The molecule has 0 aromatic heterocycles. The molecule has 148 valence electrons. The Balaban J connectivity index is 0.00000338. The molecule has 2 N–H and O–H groups in total. The molecule has 1 heterocycles. The van der Waals surface area contributed by atoms with Crippen molar-refractivity contribution in [3.63, 3.8) is 0 Å². The Kier molecular flexibility index (Phi) is 11.2. The summed E-state index contributed by atoms with van der Waals surface area (Å²) >= 11 is 0. The summed E-state index contributed by atoms with van der Waals surface area (Å²) in [7, 11) is 0. The van der Waals surface area contributed by atoms with Crippen LogP contribution < -0.4 is 10.6 Å². The fourth-order valence-corrected chi connectivity index (χ4v) is 3.27. The second kappa shape index (κ2) is 12.5. The Morgan fingerprint density at radius 1 is 1.19 bits per heavy atom. The summed E-state index contributed by atoms with van der Waals surface area (Å²) in [6.45, 7) is 14.2. The standard InChI is InChI=1S/C20H34N4O.HI/c1-5-21-20(23-13-19-10-7-6-9-16(19)2)22-11-8-12-24-14-17(3)25-18(4)15-24;/h6-7,9-10,17-18H,5,8,11-15H2,1-4H3,(H2,21,22,23);1H. The van der Waals surface area contributed by atoms with E-state index in [0.717, 1.165) is 45.1 Å². The number of benzene rings is 1. The Morgan fingerprint density at radius 2 is 1.88 bits per heavy atom. The molecular weight excluding hydrogens is 439 g/mol. The minimum atomic E-state index is 0. The summed E-state index contributed by atoms with van der Waals surface area (Å²) in [5, 5.41) is 6.78. The fourth-order valence-electron chi connectivity index (χ4n) is 3.27. The number of aryl methyl sites for hydroxylation is 1. The van der Waals surface area contributed by atoms with E-state index in [1.165, 1.54) is 11.1 Å². The normalized spacial score (nSPS) is 21.2. The second-order valence-corrected chi connectivity index (χ2v) is 6.92. The van der Waals surface area contributed by atoms with Crippen molar-refractivity contribution in [2.24, 2.45) is 4.99 Å². The molecule has 0 radical (unpaired) electrons. The zero-order valence-electron chi connectivity index (χ0n) is 16.6. The number of rotatable bonds is 7. The lowest BCUT2D eigenvalue weighted by atomic mass is 10.1. The van der Waals surface area contributed by atoms with Crippen LogP contribution in [0.2, 0.25) is 0 Å².